The van der Waals surface area contributed by atoms with Crippen molar-refractivity contribution in [1.82, 2.24) is 9.88 Å². The van der Waals surface area contributed by atoms with Crippen LogP contribution in [0, 0.1) is 11.3 Å². The number of benzene rings is 2. The van der Waals surface area contributed by atoms with Gasteiger partial charge < -0.3 is 9.32 Å². The molecule has 4 nitrogen and oxygen atoms in total. The Bertz CT molecular complexity index is 916. The van der Waals surface area contributed by atoms with Crippen LogP contribution in [0.2, 0.25) is 0 Å². The smallest absolute Gasteiger partial charge is 0.196 e. The summed E-state index contributed by atoms with van der Waals surface area (Å²) in [4.78, 5) is 7.16. The van der Waals surface area contributed by atoms with Gasteiger partial charge in [-0.15, -0.1) is 0 Å². The summed E-state index contributed by atoms with van der Waals surface area (Å²) < 4.78 is 5.90. The maximum absolute atomic E-state index is 9.30. The van der Waals surface area contributed by atoms with Crippen molar-refractivity contribution in [2.45, 2.75) is 25.7 Å². The average Bonchev–Trinajstić information content (AvgIpc) is 3.09. The number of oxazole rings is 1. The fraction of sp³-hybridized carbons (Fsp3) is 0.333. The molecule has 3 aromatic rings. The molecule has 0 bridgehead atoms. The molecule has 25 heavy (non-hydrogen) atoms. The number of fused-ring (bicyclic) bond motifs is 1. The van der Waals surface area contributed by atoms with Gasteiger partial charge in [0.25, 0.3) is 0 Å². The van der Waals surface area contributed by atoms with Crippen LogP contribution in [0.3, 0.4) is 0 Å². The second kappa shape index (κ2) is 7.08. The van der Waals surface area contributed by atoms with Crippen LogP contribution in [0.15, 0.2) is 46.9 Å². The number of aromatic nitrogens is 1. The Morgan fingerprint density at radius 2 is 1.92 bits per heavy atom. The maximum atomic E-state index is 9.30. The molecule has 4 heteroatoms. The number of piperidine rings is 1. The SMILES string of the molecule is N#Cc1ccccc1-c1ccc2oc(CCN3CCCCC3)nc2c1. The summed E-state index contributed by atoms with van der Waals surface area (Å²) >= 11 is 0. The van der Waals surface area contributed by atoms with Crippen LogP contribution >= 0.6 is 0 Å². The first-order valence-corrected chi connectivity index (χ1v) is 8.95. The van der Waals surface area contributed by atoms with Gasteiger partial charge in [-0.2, -0.15) is 5.26 Å². The first-order chi connectivity index (χ1) is 12.3. The Balaban J connectivity index is 1.56. The third-order valence-corrected chi connectivity index (χ3v) is 4.88. The normalized spacial score (nSPS) is 15.3. The minimum atomic E-state index is 0.677. The molecule has 2 heterocycles. The molecule has 2 aromatic carbocycles. The number of hydrogen-bond donors (Lipinski definition) is 0. The summed E-state index contributed by atoms with van der Waals surface area (Å²) in [5.74, 6) is 0.797. The van der Waals surface area contributed by atoms with Crippen molar-refractivity contribution in [3.8, 4) is 17.2 Å². The quantitative estimate of drug-likeness (QED) is 0.711. The first kappa shape index (κ1) is 15.9. The van der Waals surface area contributed by atoms with E-state index in [1.54, 1.807) is 0 Å². The van der Waals surface area contributed by atoms with Crippen molar-refractivity contribution in [3.63, 3.8) is 0 Å². The van der Waals surface area contributed by atoms with Crippen molar-refractivity contribution in [1.29, 1.82) is 5.26 Å². The third-order valence-electron chi connectivity index (χ3n) is 4.88. The van der Waals surface area contributed by atoms with E-state index < -0.39 is 0 Å². The van der Waals surface area contributed by atoms with Crippen LogP contribution in [-0.4, -0.2) is 29.5 Å². The average molecular weight is 331 g/mol. The Labute approximate surface area is 147 Å². The summed E-state index contributed by atoms with van der Waals surface area (Å²) in [6, 6.07) is 15.9. The maximum Gasteiger partial charge on any atom is 0.196 e. The minimum absolute atomic E-state index is 0.677. The van der Waals surface area contributed by atoms with Crippen LogP contribution < -0.4 is 0 Å². The Hall–Kier alpha value is -2.64. The zero-order chi connectivity index (χ0) is 17.1. The fourth-order valence-corrected chi connectivity index (χ4v) is 3.52. The first-order valence-electron chi connectivity index (χ1n) is 8.95. The summed E-state index contributed by atoms with van der Waals surface area (Å²) in [6.07, 6.45) is 4.80. The van der Waals surface area contributed by atoms with Gasteiger partial charge in [0, 0.05) is 13.0 Å². The lowest BCUT2D eigenvalue weighted by molar-refractivity contribution is 0.226. The highest BCUT2D eigenvalue weighted by Gasteiger charge is 2.13. The molecule has 1 aromatic heterocycles. The highest BCUT2D eigenvalue weighted by atomic mass is 16.3. The van der Waals surface area contributed by atoms with Gasteiger partial charge in [0.1, 0.15) is 5.52 Å². The van der Waals surface area contributed by atoms with E-state index in [2.05, 4.69) is 16.0 Å². The molecule has 0 amide bonds. The van der Waals surface area contributed by atoms with Crippen LogP contribution in [0.1, 0.15) is 30.7 Å². The predicted octanol–water partition coefficient (Wildman–Crippen LogP) is 4.39. The van der Waals surface area contributed by atoms with Gasteiger partial charge in [0.05, 0.1) is 11.6 Å². The largest absolute Gasteiger partial charge is 0.441 e. The van der Waals surface area contributed by atoms with Crippen LogP contribution in [0.5, 0.6) is 0 Å². The summed E-state index contributed by atoms with van der Waals surface area (Å²) in [7, 11) is 0. The van der Waals surface area contributed by atoms with Crippen molar-refractivity contribution in [3.05, 3.63) is 53.9 Å². The fourth-order valence-electron chi connectivity index (χ4n) is 3.52. The molecule has 1 saturated heterocycles. The second-order valence-electron chi connectivity index (χ2n) is 6.60. The molecule has 0 N–H and O–H groups in total. The van der Waals surface area contributed by atoms with Gasteiger partial charge in [-0.1, -0.05) is 30.7 Å². The van der Waals surface area contributed by atoms with Crippen LogP contribution in [-0.2, 0) is 6.42 Å². The lowest BCUT2D eigenvalue weighted by Crippen LogP contribution is -2.31. The van der Waals surface area contributed by atoms with E-state index in [0.29, 0.717) is 5.56 Å². The number of nitriles is 1. The van der Waals surface area contributed by atoms with Gasteiger partial charge in [0.15, 0.2) is 11.5 Å². The minimum Gasteiger partial charge on any atom is -0.441 e. The number of rotatable bonds is 4. The van der Waals surface area contributed by atoms with Crippen molar-refractivity contribution in [2.24, 2.45) is 0 Å². The van der Waals surface area contributed by atoms with Crippen molar-refractivity contribution < 1.29 is 4.42 Å². The van der Waals surface area contributed by atoms with Crippen molar-refractivity contribution in [2.75, 3.05) is 19.6 Å². The number of likely N-dealkylation sites (tertiary alicyclic amines) is 1. The van der Waals surface area contributed by atoms with E-state index in [1.807, 2.05) is 42.5 Å². The van der Waals surface area contributed by atoms with E-state index in [0.717, 1.165) is 41.1 Å². The molecule has 0 radical (unpaired) electrons. The monoisotopic (exact) mass is 331 g/mol. The lowest BCUT2D eigenvalue weighted by Gasteiger charge is -2.25. The van der Waals surface area contributed by atoms with E-state index in [1.165, 1.54) is 32.4 Å². The Morgan fingerprint density at radius 1 is 1.08 bits per heavy atom. The Morgan fingerprint density at radius 3 is 2.76 bits per heavy atom. The van der Waals surface area contributed by atoms with Gasteiger partial charge in [-0.05, 0) is 55.3 Å². The van der Waals surface area contributed by atoms with E-state index in [9.17, 15) is 5.26 Å². The second-order valence-corrected chi connectivity index (χ2v) is 6.60. The van der Waals surface area contributed by atoms with E-state index >= 15 is 0 Å². The molecular weight excluding hydrogens is 310 g/mol. The molecule has 1 aliphatic heterocycles. The zero-order valence-corrected chi connectivity index (χ0v) is 14.2. The standard InChI is InChI=1S/C21H21N3O/c22-15-17-6-2-3-7-18(17)16-8-9-20-19(14-16)23-21(25-20)10-13-24-11-4-1-5-12-24/h2-3,6-9,14H,1,4-5,10-13H2. The summed E-state index contributed by atoms with van der Waals surface area (Å²) in [5.41, 5.74) is 4.28. The van der Waals surface area contributed by atoms with Gasteiger partial charge in [-0.25, -0.2) is 4.98 Å². The molecule has 0 spiro atoms. The number of nitrogens with zero attached hydrogens (tertiary/aromatic N) is 3. The molecule has 0 saturated carbocycles. The topological polar surface area (TPSA) is 53.1 Å². The van der Waals surface area contributed by atoms with E-state index in [4.69, 9.17) is 4.42 Å². The molecule has 0 unspecified atom stereocenters. The third kappa shape index (κ3) is 3.42. The highest BCUT2D eigenvalue weighted by Crippen LogP contribution is 2.27. The van der Waals surface area contributed by atoms with Gasteiger partial charge >= 0.3 is 0 Å². The molecule has 4 rings (SSSR count). The molecular formula is C21H21N3O. The molecule has 1 fully saturated rings. The van der Waals surface area contributed by atoms with Crippen molar-refractivity contribution >= 4 is 11.1 Å². The van der Waals surface area contributed by atoms with Gasteiger partial charge in [0.2, 0.25) is 0 Å². The molecule has 1 aliphatic rings. The predicted molar refractivity (Wildman–Crippen MR) is 98.2 cm³/mol. The molecule has 126 valence electrons. The Kier molecular flexibility index (Phi) is 4.49. The zero-order valence-electron chi connectivity index (χ0n) is 14.2. The van der Waals surface area contributed by atoms with Crippen LogP contribution in [0.25, 0.3) is 22.2 Å². The molecule has 0 atom stereocenters. The van der Waals surface area contributed by atoms with Gasteiger partial charge in [-0.3, -0.25) is 0 Å². The highest BCUT2D eigenvalue weighted by molar-refractivity contribution is 5.82. The lowest BCUT2D eigenvalue weighted by atomic mass is 10.0. The summed E-state index contributed by atoms with van der Waals surface area (Å²) in [6.45, 7) is 3.39. The summed E-state index contributed by atoms with van der Waals surface area (Å²) in [5, 5.41) is 9.30. The van der Waals surface area contributed by atoms with Crippen LogP contribution in [0.4, 0.5) is 0 Å². The molecule has 0 aliphatic carbocycles. The number of hydrogen-bond acceptors (Lipinski definition) is 4. The van der Waals surface area contributed by atoms with E-state index in [-0.39, 0.29) is 0 Å².